The smallest absolute Gasteiger partial charge is 0.0416 e. The topological polar surface area (TPSA) is 40.1 Å². The Morgan fingerprint density at radius 1 is 1.07 bits per heavy atom. The zero-order valence-corrected chi connectivity index (χ0v) is 5.31. The van der Waals surface area contributed by atoms with Gasteiger partial charge in [-0.15, -0.1) is 0 Å². The van der Waals surface area contributed by atoms with Crippen molar-refractivity contribution in [2.75, 3.05) is 0 Å². The molecule has 0 bridgehead atoms. The van der Waals surface area contributed by atoms with Crippen LogP contribution in [0, 0.1) is 5.92 Å². The summed E-state index contributed by atoms with van der Waals surface area (Å²) in [5.41, 5.74) is 0. The van der Waals surface area contributed by atoms with Crippen LogP contribution in [0.15, 0.2) is 0 Å². The van der Waals surface area contributed by atoms with Gasteiger partial charge >= 0.3 is 0 Å². The van der Waals surface area contributed by atoms with Crippen LogP contribution in [0.2, 0.25) is 0 Å². The fourth-order valence-corrected chi connectivity index (χ4v) is 0.429. The van der Waals surface area contributed by atoms with Crippen LogP contribution in [-0.2, 0) is 4.79 Å². The van der Waals surface area contributed by atoms with Gasteiger partial charge in [-0.1, -0.05) is 64.8 Å². The quantitative estimate of drug-likeness (QED) is 0.708. The van der Waals surface area contributed by atoms with Crippen molar-refractivity contribution in [3.8, 4) is 0 Å². The van der Waals surface area contributed by atoms with E-state index in [4.69, 9.17) is 0 Å². The Labute approximate surface area is 93.7 Å². The van der Waals surface area contributed by atoms with Crippen molar-refractivity contribution in [3.05, 3.63) is 0 Å². The van der Waals surface area contributed by atoms with Gasteiger partial charge in [-0.05, 0) is 12.3 Å². The minimum atomic E-state index is -0.945. The van der Waals surface area contributed by atoms with Crippen molar-refractivity contribution >= 4 is 5.97 Å². The fraction of sp³-hybridized carbons (Fsp3) is 0.917. The molecule has 0 amide bonds. The number of carboxylic acid groups (broad SMARTS) is 1. The molecular weight excluding hydrogens is 176 g/mol. The summed E-state index contributed by atoms with van der Waals surface area (Å²) in [6, 6.07) is 0. The van der Waals surface area contributed by atoms with E-state index in [-0.39, 0.29) is 56.9 Å². The summed E-state index contributed by atoms with van der Waals surface area (Å²) < 4.78 is 0. The lowest BCUT2D eigenvalue weighted by atomic mass is 10.1. The third-order valence-corrected chi connectivity index (χ3v) is 1.21. The van der Waals surface area contributed by atoms with E-state index < -0.39 is 5.97 Å². The van der Waals surface area contributed by atoms with Crippen LogP contribution in [0.25, 0.3) is 0 Å². The first-order chi connectivity index (χ1) is 3.66. The molecule has 1 unspecified atom stereocenters. The molecule has 0 aliphatic carbocycles. The molecule has 0 N–H and O–H groups in total. The molecule has 0 aromatic rings. The number of hydrogen-bond donors (Lipinski definition) is 0. The van der Waals surface area contributed by atoms with Crippen LogP contribution >= 0.6 is 0 Å². The predicted octanol–water partition coefficient (Wildman–Crippen LogP) is 3.99. The molecule has 0 spiro atoms. The Kier molecular flexibility index (Phi) is 105. The van der Waals surface area contributed by atoms with Gasteiger partial charge < -0.3 is 9.90 Å². The van der Waals surface area contributed by atoms with Crippen LogP contribution in [0.3, 0.4) is 0 Å². The van der Waals surface area contributed by atoms with E-state index in [1.54, 1.807) is 0 Å². The number of hydrogen-bond acceptors (Lipinski definition) is 2. The Morgan fingerprint density at radius 3 is 1.43 bits per heavy atom. The average molecular weight is 211 g/mol. The second-order valence-corrected chi connectivity index (χ2v) is 2.09. The Hall–Kier alpha value is -0.530. The van der Waals surface area contributed by atoms with Crippen LogP contribution in [0.1, 0.15) is 71.2 Å². The molecule has 0 aliphatic rings. The van der Waals surface area contributed by atoms with E-state index in [1.807, 2.05) is 13.8 Å². The minimum absolute atomic E-state index is 0. The van der Waals surface area contributed by atoms with Crippen molar-refractivity contribution in [2.24, 2.45) is 5.92 Å². The van der Waals surface area contributed by atoms with Gasteiger partial charge in [-0.25, -0.2) is 0 Å². The second kappa shape index (κ2) is 29.4. The van der Waals surface area contributed by atoms with Crippen LogP contribution < -0.4 is 5.11 Å². The maximum atomic E-state index is 9.86. The van der Waals surface area contributed by atoms with E-state index >= 15 is 0 Å². The van der Waals surface area contributed by atoms with E-state index in [1.165, 1.54) is 0 Å². The van der Waals surface area contributed by atoms with Gasteiger partial charge in [0.15, 0.2) is 0 Å². The molecule has 0 fully saturated rings. The zero-order chi connectivity index (χ0) is 6.57. The summed E-state index contributed by atoms with van der Waals surface area (Å²) in [5.74, 6) is -0.681. The standard InChI is InChI=1S/C6H12O2.6CH4/c1-3-5(2)4-6(7)8;;;;;;/h5H,3-4H2,1-2H3,(H,7,8);6*1H4/p-1. The highest BCUT2D eigenvalue weighted by atomic mass is 16.4. The Bertz CT molecular complexity index is 80.4. The minimum Gasteiger partial charge on any atom is -0.550 e. The van der Waals surface area contributed by atoms with E-state index in [9.17, 15) is 9.90 Å². The lowest BCUT2D eigenvalue weighted by Gasteiger charge is -2.06. The first kappa shape index (κ1) is 50.0. The molecule has 0 aromatic heterocycles. The monoisotopic (exact) mass is 211 g/mol. The number of carbonyl (C=O) groups is 1. The van der Waals surface area contributed by atoms with Gasteiger partial charge in [0.1, 0.15) is 0 Å². The number of carboxylic acids is 1. The molecule has 14 heavy (non-hydrogen) atoms. The molecule has 0 aliphatic heterocycles. The summed E-state index contributed by atoms with van der Waals surface area (Å²) in [7, 11) is 0. The third kappa shape index (κ3) is 42.0. The van der Waals surface area contributed by atoms with Gasteiger partial charge in [0.2, 0.25) is 0 Å². The lowest BCUT2D eigenvalue weighted by molar-refractivity contribution is -0.306. The van der Waals surface area contributed by atoms with Gasteiger partial charge in [-0.2, -0.15) is 0 Å². The molecule has 96 valence electrons. The summed E-state index contributed by atoms with van der Waals surface area (Å²) in [6.45, 7) is 3.86. The summed E-state index contributed by atoms with van der Waals surface area (Å²) in [4.78, 5) is 9.86. The van der Waals surface area contributed by atoms with E-state index in [0.717, 1.165) is 6.42 Å². The first-order valence-corrected chi connectivity index (χ1v) is 2.86. The number of carbonyl (C=O) groups excluding carboxylic acids is 1. The highest BCUT2D eigenvalue weighted by Gasteiger charge is 1.96. The molecule has 1 atom stereocenters. The molecule has 0 heterocycles. The molecule has 2 heteroatoms. The number of aliphatic carboxylic acids is 1. The first-order valence-electron chi connectivity index (χ1n) is 2.86. The van der Waals surface area contributed by atoms with Crippen LogP contribution in [0.5, 0.6) is 0 Å². The van der Waals surface area contributed by atoms with Gasteiger partial charge in [-0.3, -0.25) is 0 Å². The molecule has 0 saturated heterocycles. The van der Waals surface area contributed by atoms with Crippen molar-refractivity contribution in [1.82, 2.24) is 0 Å². The highest BCUT2D eigenvalue weighted by Crippen LogP contribution is 2.03. The largest absolute Gasteiger partial charge is 0.550 e. The average Bonchev–Trinajstić information content (AvgIpc) is 1.65. The van der Waals surface area contributed by atoms with Crippen LogP contribution in [0.4, 0.5) is 0 Å². The maximum Gasteiger partial charge on any atom is 0.0416 e. The number of rotatable bonds is 3. The predicted molar refractivity (Wildman–Crippen MR) is 69.5 cm³/mol. The lowest BCUT2D eigenvalue weighted by Crippen LogP contribution is -2.24. The van der Waals surface area contributed by atoms with Gasteiger partial charge in [0.05, 0.1) is 0 Å². The van der Waals surface area contributed by atoms with Crippen molar-refractivity contribution < 1.29 is 9.90 Å². The SMILES string of the molecule is C.C.C.C.C.C.CCC(C)CC(=O)[O-]. The van der Waals surface area contributed by atoms with E-state index in [0.29, 0.717) is 0 Å². The normalized spacial score (nSPS) is 7.57. The summed E-state index contributed by atoms with van der Waals surface area (Å²) in [5, 5.41) is 9.86. The highest BCUT2D eigenvalue weighted by molar-refractivity contribution is 5.64. The molecule has 0 rings (SSSR count). The molecule has 0 saturated carbocycles. The Morgan fingerprint density at radius 2 is 1.36 bits per heavy atom. The van der Waals surface area contributed by atoms with Crippen molar-refractivity contribution in [3.63, 3.8) is 0 Å². The van der Waals surface area contributed by atoms with Crippen molar-refractivity contribution in [1.29, 1.82) is 0 Å². The zero-order valence-electron chi connectivity index (χ0n) is 5.31. The molecule has 0 radical (unpaired) electrons. The second-order valence-electron chi connectivity index (χ2n) is 2.09. The maximum absolute atomic E-state index is 9.86. The summed E-state index contributed by atoms with van der Waals surface area (Å²) >= 11 is 0. The third-order valence-electron chi connectivity index (χ3n) is 1.21. The van der Waals surface area contributed by atoms with Crippen molar-refractivity contribution in [2.45, 2.75) is 71.2 Å². The fourth-order valence-electron chi connectivity index (χ4n) is 0.429. The van der Waals surface area contributed by atoms with Gasteiger partial charge in [0, 0.05) is 5.97 Å². The molecule has 0 aromatic carbocycles. The van der Waals surface area contributed by atoms with Crippen LogP contribution in [-0.4, -0.2) is 5.97 Å². The van der Waals surface area contributed by atoms with Gasteiger partial charge in [0.25, 0.3) is 0 Å². The Balaban J connectivity index is -0.0000000163. The molecule has 2 nitrogen and oxygen atoms in total. The molecular formula is C12H35O2-. The summed E-state index contributed by atoms with van der Waals surface area (Å²) in [6.07, 6.45) is 1.10. The van der Waals surface area contributed by atoms with E-state index in [2.05, 4.69) is 0 Å².